The van der Waals surface area contributed by atoms with E-state index in [0.29, 0.717) is 28.7 Å². The van der Waals surface area contributed by atoms with Crippen LogP contribution in [0.5, 0.6) is 5.75 Å². The predicted octanol–water partition coefficient (Wildman–Crippen LogP) is 8.13. The third kappa shape index (κ3) is 7.38. The highest BCUT2D eigenvalue weighted by Crippen LogP contribution is 2.42. The van der Waals surface area contributed by atoms with Gasteiger partial charge in [0.25, 0.3) is 0 Å². The third-order valence-electron chi connectivity index (χ3n) is 8.77. The van der Waals surface area contributed by atoms with Crippen molar-refractivity contribution in [3.05, 3.63) is 106 Å². The fourth-order valence-electron chi connectivity index (χ4n) is 6.37. The van der Waals surface area contributed by atoms with E-state index in [1.54, 1.807) is 31.4 Å². The lowest BCUT2D eigenvalue weighted by atomic mass is 9.72. The smallest absolute Gasteiger partial charge is 0.234 e. The van der Waals surface area contributed by atoms with Crippen molar-refractivity contribution in [1.29, 1.82) is 0 Å². The average molecular weight is 626 g/mol. The molecule has 234 valence electrons. The Bertz CT molecular complexity index is 1690. The van der Waals surface area contributed by atoms with Gasteiger partial charge in [-0.05, 0) is 93.7 Å². The molecule has 2 aliphatic carbocycles. The Labute approximate surface area is 269 Å². The number of aliphatic hydroxyl groups excluding tert-OH is 1. The second-order valence-electron chi connectivity index (χ2n) is 11.8. The number of ether oxygens (including phenoxy) is 1. The third-order valence-corrected chi connectivity index (χ3v) is 9.02. The number of nitrogens with zero attached hydrogens (tertiary/aromatic N) is 1. The van der Waals surface area contributed by atoms with Crippen LogP contribution in [-0.4, -0.2) is 41.4 Å². The molecule has 0 radical (unpaired) electrons. The summed E-state index contributed by atoms with van der Waals surface area (Å²) in [4.78, 5) is 29.5. The van der Waals surface area contributed by atoms with Gasteiger partial charge in [0, 0.05) is 45.4 Å². The summed E-state index contributed by atoms with van der Waals surface area (Å²) in [5, 5.41) is 16.0. The van der Waals surface area contributed by atoms with E-state index < -0.39 is 11.6 Å². The summed E-state index contributed by atoms with van der Waals surface area (Å²) in [6.07, 6.45) is 7.29. The molecule has 8 heteroatoms. The van der Waals surface area contributed by atoms with Gasteiger partial charge < -0.3 is 20.9 Å². The molecule has 3 aromatic carbocycles. The molecule has 0 spiro atoms. The number of nitrogens with one attached hydrogen (secondary N) is 1. The number of anilines is 1. The Kier molecular flexibility index (Phi) is 10.5. The molecule has 4 N–H and O–H groups in total. The Morgan fingerprint density at radius 1 is 0.956 bits per heavy atom. The zero-order chi connectivity index (χ0) is 31.9. The molecule has 1 saturated carbocycles. The maximum absolute atomic E-state index is 12.6. The van der Waals surface area contributed by atoms with Crippen LogP contribution in [-0.2, 0) is 4.79 Å². The van der Waals surface area contributed by atoms with Gasteiger partial charge in [0.15, 0.2) is 0 Å². The van der Waals surface area contributed by atoms with Crippen LogP contribution in [0.15, 0.2) is 84.6 Å². The lowest BCUT2D eigenvalue weighted by molar-refractivity contribution is -0.112. The lowest BCUT2D eigenvalue weighted by Gasteiger charge is -2.31. The zero-order valence-electron chi connectivity index (χ0n) is 25.8. The van der Waals surface area contributed by atoms with E-state index in [1.165, 1.54) is 5.56 Å². The van der Waals surface area contributed by atoms with E-state index in [2.05, 4.69) is 29.4 Å². The van der Waals surface area contributed by atoms with Crippen molar-refractivity contribution in [3.8, 4) is 5.75 Å². The van der Waals surface area contributed by atoms with Crippen LogP contribution >= 0.6 is 11.6 Å². The summed E-state index contributed by atoms with van der Waals surface area (Å²) in [6.45, 7) is 2.88. The molecule has 0 saturated heterocycles. The summed E-state index contributed by atoms with van der Waals surface area (Å²) in [5.74, 6) is 0.134. The number of ketones is 2. The quantitative estimate of drug-likeness (QED) is 0.169. The number of aromatic nitrogens is 1. The van der Waals surface area contributed by atoms with Crippen LogP contribution in [0, 0.1) is 5.92 Å². The summed E-state index contributed by atoms with van der Waals surface area (Å²) < 4.78 is 5.34. The number of allylic oxidation sites excluding steroid dienone is 1. The number of carbonyl (C=O) groups is 2. The first-order valence-electron chi connectivity index (χ1n) is 15.6. The molecule has 1 heterocycles. The number of pyridine rings is 1. The minimum absolute atomic E-state index is 0.0138. The highest BCUT2D eigenvalue weighted by Gasteiger charge is 2.38. The van der Waals surface area contributed by atoms with Gasteiger partial charge >= 0.3 is 0 Å². The molecule has 4 aromatic rings. The van der Waals surface area contributed by atoms with E-state index in [-0.39, 0.29) is 11.7 Å². The molecule has 1 fully saturated rings. The van der Waals surface area contributed by atoms with E-state index >= 15 is 0 Å². The van der Waals surface area contributed by atoms with Crippen LogP contribution in [0.25, 0.3) is 16.7 Å². The van der Waals surface area contributed by atoms with E-state index in [0.717, 1.165) is 72.4 Å². The number of halogens is 1. The zero-order valence-corrected chi connectivity index (χ0v) is 26.5. The van der Waals surface area contributed by atoms with Crippen LogP contribution in [0.2, 0.25) is 5.02 Å². The van der Waals surface area contributed by atoms with Gasteiger partial charge in [0.05, 0.1) is 18.3 Å². The minimum atomic E-state index is -0.545. The predicted molar refractivity (Wildman–Crippen MR) is 181 cm³/mol. The molecule has 7 nitrogen and oxygen atoms in total. The first-order chi connectivity index (χ1) is 21.8. The number of methoxy groups -OCH3 is 1. The summed E-state index contributed by atoms with van der Waals surface area (Å²) in [7, 11) is 1.68. The number of nitrogens with two attached hydrogens (primary N) is 1. The number of carbonyl (C=O) groups excluding carboxylic acids is 2. The Hall–Kier alpha value is -4.20. The highest BCUT2D eigenvalue weighted by molar-refractivity contribution is 6.52. The normalized spacial score (nSPS) is 18.6. The molecule has 1 unspecified atom stereocenters. The molecule has 45 heavy (non-hydrogen) atoms. The number of rotatable bonds is 8. The maximum atomic E-state index is 12.6. The van der Waals surface area contributed by atoms with Crippen molar-refractivity contribution in [1.82, 2.24) is 4.98 Å². The standard InChI is InChI=1S/C22H19ClO3.C15H21N3O/c23-16-11-9-14(10-12-16)13-5-7-15(8-6-13)19-20(24)17-3-1-2-4-18(17)21(25)22(19)26;1-11(5-3-7-16)18-14-10-13(19-2)9-12-6-4-8-17-15(12)14/h1-4,9-13,15,24H,5-8H2;4,6,8-11,18H,3,5,7,16H2,1-2H3. The van der Waals surface area contributed by atoms with Gasteiger partial charge in [-0.2, -0.15) is 0 Å². The SMILES string of the molecule is COc1cc(NC(C)CCCN)c2ncccc2c1.O=C1C(=O)c2ccccc2C(O)=C1C1CCC(c2ccc(Cl)cc2)CC1. The first-order valence-corrected chi connectivity index (χ1v) is 15.9. The van der Waals surface area contributed by atoms with Gasteiger partial charge in [-0.3, -0.25) is 14.6 Å². The van der Waals surface area contributed by atoms with Crippen LogP contribution in [0.3, 0.4) is 0 Å². The number of fused-ring (bicyclic) bond motifs is 2. The van der Waals surface area contributed by atoms with Crippen molar-refractivity contribution in [2.45, 2.75) is 57.4 Å². The van der Waals surface area contributed by atoms with E-state index in [1.807, 2.05) is 42.6 Å². The summed E-state index contributed by atoms with van der Waals surface area (Å²) in [6, 6.07) is 23.0. The van der Waals surface area contributed by atoms with Crippen LogP contribution in [0.4, 0.5) is 5.69 Å². The topological polar surface area (TPSA) is 115 Å². The molecule has 1 atom stereocenters. The molecule has 1 aromatic heterocycles. The van der Waals surface area contributed by atoms with E-state index in [4.69, 9.17) is 22.1 Å². The van der Waals surface area contributed by atoms with Crippen molar-refractivity contribution in [2.75, 3.05) is 19.0 Å². The summed E-state index contributed by atoms with van der Waals surface area (Å²) >= 11 is 5.96. The molecule has 6 rings (SSSR count). The van der Waals surface area contributed by atoms with Gasteiger partial charge in [-0.15, -0.1) is 0 Å². The molecule has 0 bridgehead atoms. The minimum Gasteiger partial charge on any atom is -0.507 e. The molecule has 0 aliphatic heterocycles. The number of aliphatic hydroxyl groups is 1. The molecule has 2 aliphatic rings. The van der Waals surface area contributed by atoms with Crippen molar-refractivity contribution in [3.63, 3.8) is 0 Å². The van der Waals surface area contributed by atoms with Crippen molar-refractivity contribution in [2.24, 2.45) is 11.7 Å². The number of Topliss-reactive ketones (excluding diaryl/α,β-unsaturated/α-hetero) is 2. The van der Waals surface area contributed by atoms with Gasteiger partial charge in [-0.25, -0.2) is 0 Å². The highest BCUT2D eigenvalue weighted by atomic mass is 35.5. The largest absolute Gasteiger partial charge is 0.507 e. The van der Waals surface area contributed by atoms with Crippen molar-refractivity contribution < 1.29 is 19.4 Å². The van der Waals surface area contributed by atoms with E-state index in [9.17, 15) is 14.7 Å². The first kappa shape index (κ1) is 32.2. The van der Waals surface area contributed by atoms with Gasteiger partial charge in [0.2, 0.25) is 11.6 Å². The number of hydrogen-bond donors (Lipinski definition) is 3. The second-order valence-corrected chi connectivity index (χ2v) is 12.2. The Morgan fingerprint density at radius 3 is 2.33 bits per heavy atom. The monoisotopic (exact) mass is 625 g/mol. The fraction of sp³-hybridized carbons (Fsp3) is 0.324. The Morgan fingerprint density at radius 2 is 1.64 bits per heavy atom. The summed E-state index contributed by atoms with van der Waals surface area (Å²) in [5.41, 5.74) is 9.87. The maximum Gasteiger partial charge on any atom is 0.234 e. The average Bonchev–Trinajstić information content (AvgIpc) is 3.07. The Balaban J connectivity index is 0.000000187. The van der Waals surface area contributed by atoms with Crippen LogP contribution in [0.1, 0.15) is 72.9 Å². The molecular formula is C37H40ClN3O4. The van der Waals surface area contributed by atoms with Gasteiger partial charge in [-0.1, -0.05) is 54.1 Å². The lowest BCUT2D eigenvalue weighted by Crippen LogP contribution is -2.29. The molecule has 0 amide bonds. The number of hydrogen-bond acceptors (Lipinski definition) is 7. The van der Waals surface area contributed by atoms with Gasteiger partial charge in [0.1, 0.15) is 11.5 Å². The number of benzene rings is 3. The van der Waals surface area contributed by atoms with Crippen molar-refractivity contribution >= 4 is 45.5 Å². The molecular weight excluding hydrogens is 586 g/mol. The van der Waals surface area contributed by atoms with Crippen LogP contribution < -0.4 is 15.8 Å². The fourth-order valence-corrected chi connectivity index (χ4v) is 6.49. The second kappa shape index (κ2) is 14.7.